The molecule has 14 heavy (non-hydrogen) atoms. The Labute approximate surface area is 85.0 Å². The molecule has 0 fully saturated rings. The van der Waals surface area contributed by atoms with Crippen LogP contribution in [0.1, 0.15) is 20.3 Å². The lowest BCUT2D eigenvalue weighted by atomic mass is 10.1. The lowest BCUT2D eigenvalue weighted by molar-refractivity contribution is 0.127. The fourth-order valence-electron chi connectivity index (χ4n) is 1.01. The highest BCUT2D eigenvalue weighted by molar-refractivity contribution is 5.67. The van der Waals surface area contributed by atoms with E-state index in [-0.39, 0.29) is 13.2 Å². The van der Waals surface area contributed by atoms with E-state index in [1.165, 1.54) is 6.08 Å². The molecule has 0 bridgehead atoms. The fraction of sp³-hybridized carbons (Fsp3) is 0.700. The van der Waals surface area contributed by atoms with Crippen LogP contribution >= 0.6 is 0 Å². The van der Waals surface area contributed by atoms with Crippen molar-refractivity contribution in [2.45, 2.75) is 26.4 Å². The van der Waals surface area contributed by atoms with E-state index in [9.17, 15) is 9.90 Å². The highest BCUT2D eigenvalue weighted by atomic mass is 16.5. The van der Waals surface area contributed by atoms with Gasteiger partial charge in [-0.05, 0) is 12.3 Å². The maximum Gasteiger partial charge on any atom is 0.407 e. The van der Waals surface area contributed by atoms with Crippen LogP contribution in [0.3, 0.4) is 0 Å². The minimum atomic E-state index is -0.521. The van der Waals surface area contributed by atoms with Crippen LogP contribution in [0.4, 0.5) is 4.79 Å². The van der Waals surface area contributed by atoms with Crippen molar-refractivity contribution < 1.29 is 14.6 Å². The number of carbonyl (C=O) groups excluding carboxylic acids is 1. The summed E-state index contributed by atoms with van der Waals surface area (Å²) >= 11 is 0. The fourth-order valence-corrected chi connectivity index (χ4v) is 1.01. The lowest BCUT2D eigenvalue weighted by Gasteiger charge is -2.13. The van der Waals surface area contributed by atoms with Gasteiger partial charge in [0.15, 0.2) is 0 Å². The summed E-state index contributed by atoms with van der Waals surface area (Å²) in [7, 11) is 0. The Morgan fingerprint density at radius 3 is 2.79 bits per heavy atom. The van der Waals surface area contributed by atoms with Crippen molar-refractivity contribution in [1.82, 2.24) is 5.32 Å². The van der Waals surface area contributed by atoms with Gasteiger partial charge in [-0.25, -0.2) is 4.79 Å². The quantitative estimate of drug-likeness (QED) is 0.637. The minimum Gasteiger partial charge on any atom is -0.445 e. The number of hydrogen-bond donors (Lipinski definition) is 2. The van der Waals surface area contributed by atoms with Gasteiger partial charge in [-0.1, -0.05) is 26.5 Å². The topological polar surface area (TPSA) is 58.6 Å². The summed E-state index contributed by atoms with van der Waals surface area (Å²) < 4.78 is 4.67. The molecule has 0 aromatic carbocycles. The second-order valence-electron chi connectivity index (χ2n) is 3.55. The largest absolute Gasteiger partial charge is 0.445 e. The van der Waals surface area contributed by atoms with E-state index in [4.69, 9.17) is 0 Å². The van der Waals surface area contributed by atoms with Gasteiger partial charge in [-0.3, -0.25) is 0 Å². The molecule has 1 unspecified atom stereocenters. The number of alkyl carbamates (subject to hydrolysis) is 1. The third-order valence-corrected chi connectivity index (χ3v) is 1.56. The number of amides is 1. The number of aliphatic hydroxyl groups is 1. The molecular formula is C10H19NO3. The van der Waals surface area contributed by atoms with Crippen molar-refractivity contribution in [2.75, 3.05) is 13.2 Å². The van der Waals surface area contributed by atoms with Gasteiger partial charge in [0, 0.05) is 6.54 Å². The molecule has 1 atom stereocenters. The highest BCUT2D eigenvalue weighted by Crippen LogP contribution is 2.03. The van der Waals surface area contributed by atoms with Crippen molar-refractivity contribution in [2.24, 2.45) is 5.92 Å². The lowest BCUT2D eigenvalue weighted by Crippen LogP contribution is -2.33. The molecule has 0 aliphatic heterocycles. The average molecular weight is 201 g/mol. The van der Waals surface area contributed by atoms with Gasteiger partial charge in [0.2, 0.25) is 0 Å². The Morgan fingerprint density at radius 2 is 2.29 bits per heavy atom. The number of aliphatic hydroxyl groups excluding tert-OH is 1. The first kappa shape index (κ1) is 13.0. The van der Waals surface area contributed by atoms with E-state index in [1.54, 1.807) is 0 Å². The summed E-state index contributed by atoms with van der Waals surface area (Å²) in [6, 6.07) is 0. The van der Waals surface area contributed by atoms with Crippen LogP contribution in [0.2, 0.25) is 0 Å². The molecule has 2 N–H and O–H groups in total. The number of carbonyl (C=O) groups is 1. The van der Waals surface area contributed by atoms with Gasteiger partial charge in [-0.15, -0.1) is 0 Å². The standard InChI is InChI=1S/C10H19NO3/c1-4-5-14-10(13)11-7-9(12)6-8(2)3/h4,8-9,12H,1,5-7H2,2-3H3,(H,11,13). The van der Waals surface area contributed by atoms with Crippen LogP contribution < -0.4 is 5.32 Å². The first-order valence-electron chi connectivity index (χ1n) is 4.75. The van der Waals surface area contributed by atoms with E-state index in [2.05, 4.69) is 16.6 Å². The van der Waals surface area contributed by atoms with Gasteiger partial charge in [0.05, 0.1) is 6.10 Å². The molecule has 0 rings (SSSR count). The molecule has 82 valence electrons. The zero-order valence-electron chi connectivity index (χ0n) is 8.82. The Hall–Kier alpha value is -1.03. The molecule has 0 saturated carbocycles. The van der Waals surface area contributed by atoms with Crippen LogP contribution in [0, 0.1) is 5.92 Å². The smallest absolute Gasteiger partial charge is 0.407 e. The zero-order valence-corrected chi connectivity index (χ0v) is 8.82. The molecule has 0 aliphatic rings. The second kappa shape index (κ2) is 7.38. The van der Waals surface area contributed by atoms with Gasteiger partial charge in [0.25, 0.3) is 0 Å². The van der Waals surface area contributed by atoms with Crippen molar-refractivity contribution in [3.05, 3.63) is 12.7 Å². The van der Waals surface area contributed by atoms with Crippen LogP contribution in [0.5, 0.6) is 0 Å². The average Bonchev–Trinajstić information content (AvgIpc) is 2.10. The molecule has 0 heterocycles. The SMILES string of the molecule is C=CCOC(=O)NCC(O)CC(C)C. The monoisotopic (exact) mass is 201 g/mol. The van der Waals surface area contributed by atoms with E-state index < -0.39 is 12.2 Å². The number of nitrogens with one attached hydrogen (secondary N) is 1. The third-order valence-electron chi connectivity index (χ3n) is 1.56. The van der Waals surface area contributed by atoms with Crippen molar-refractivity contribution >= 4 is 6.09 Å². The van der Waals surface area contributed by atoms with E-state index >= 15 is 0 Å². The van der Waals surface area contributed by atoms with Gasteiger partial charge >= 0.3 is 6.09 Å². The van der Waals surface area contributed by atoms with E-state index in [0.717, 1.165) is 0 Å². The Bertz CT molecular complexity index is 180. The maximum absolute atomic E-state index is 10.9. The normalized spacial score (nSPS) is 12.3. The highest BCUT2D eigenvalue weighted by Gasteiger charge is 2.08. The van der Waals surface area contributed by atoms with Crippen LogP contribution in [0.15, 0.2) is 12.7 Å². The van der Waals surface area contributed by atoms with Gasteiger partial charge in [0.1, 0.15) is 6.61 Å². The third kappa shape index (κ3) is 7.61. The summed E-state index contributed by atoms with van der Waals surface area (Å²) in [4.78, 5) is 10.9. The summed E-state index contributed by atoms with van der Waals surface area (Å²) in [5, 5.41) is 11.9. The molecule has 0 aromatic rings. The summed E-state index contributed by atoms with van der Waals surface area (Å²) in [6.07, 6.45) is 1.13. The Balaban J connectivity index is 3.50. The minimum absolute atomic E-state index is 0.187. The van der Waals surface area contributed by atoms with Gasteiger partial charge in [-0.2, -0.15) is 0 Å². The Morgan fingerprint density at radius 1 is 1.64 bits per heavy atom. The molecule has 1 amide bonds. The first-order chi connectivity index (χ1) is 6.56. The molecule has 4 heteroatoms. The number of hydrogen-bond acceptors (Lipinski definition) is 3. The first-order valence-corrected chi connectivity index (χ1v) is 4.75. The molecule has 0 spiro atoms. The van der Waals surface area contributed by atoms with Crippen molar-refractivity contribution in [1.29, 1.82) is 0 Å². The number of ether oxygens (including phenoxy) is 1. The Kier molecular flexibility index (Phi) is 6.84. The molecule has 0 aromatic heterocycles. The molecule has 4 nitrogen and oxygen atoms in total. The summed E-state index contributed by atoms with van der Waals surface area (Å²) in [5.74, 6) is 0.413. The van der Waals surface area contributed by atoms with E-state index in [1.807, 2.05) is 13.8 Å². The molecule has 0 radical (unpaired) electrons. The summed E-state index contributed by atoms with van der Waals surface area (Å²) in [5.41, 5.74) is 0. The molecule has 0 aliphatic carbocycles. The van der Waals surface area contributed by atoms with Crippen molar-refractivity contribution in [3.63, 3.8) is 0 Å². The van der Waals surface area contributed by atoms with Crippen molar-refractivity contribution in [3.8, 4) is 0 Å². The zero-order chi connectivity index (χ0) is 11.0. The second-order valence-corrected chi connectivity index (χ2v) is 3.55. The molecule has 0 saturated heterocycles. The van der Waals surface area contributed by atoms with Crippen LogP contribution in [0.25, 0.3) is 0 Å². The van der Waals surface area contributed by atoms with E-state index in [0.29, 0.717) is 12.3 Å². The molecular weight excluding hydrogens is 182 g/mol. The van der Waals surface area contributed by atoms with Crippen LogP contribution in [-0.4, -0.2) is 30.5 Å². The van der Waals surface area contributed by atoms with Gasteiger partial charge < -0.3 is 15.2 Å². The number of rotatable bonds is 6. The summed E-state index contributed by atoms with van der Waals surface area (Å²) in [6.45, 7) is 7.86. The maximum atomic E-state index is 10.9. The van der Waals surface area contributed by atoms with Crippen LogP contribution in [-0.2, 0) is 4.74 Å². The predicted octanol–water partition coefficient (Wildman–Crippen LogP) is 1.31. The predicted molar refractivity (Wildman–Crippen MR) is 55.0 cm³/mol.